The Morgan fingerprint density at radius 3 is 2.61 bits per heavy atom. The zero-order valence-corrected chi connectivity index (χ0v) is 17.0. The molecule has 2 N–H and O–H groups in total. The van der Waals surface area contributed by atoms with Crippen molar-refractivity contribution in [2.75, 3.05) is 31.6 Å². The van der Waals surface area contributed by atoms with Gasteiger partial charge in [0.15, 0.2) is 0 Å². The molecule has 1 fully saturated rings. The normalized spacial score (nSPS) is 19.0. The van der Waals surface area contributed by atoms with E-state index in [1.54, 1.807) is 17.0 Å². The number of carbonyl (C=O) groups excluding carboxylic acids is 2. The first-order chi connectivity index (χ1) is 13.3. The van der Waals surface area contributed by atoms with Crippen molar-refractivity contribution in [2.45, 2.75) is 44.0 Å². The van der Waals surface area contributed by atoms with Gasteiger partial charge in [-0.3, -0.25) is 9.59 Å². The summed E-state index contributed by atoms with van der Waals surface area (Å²) in [5.74, 6) is -0.502. The number of sulfonamides is 1. The molecule has 1 saturated heterocycles. The van der Waals surface area contributed by atoms with Gasteiger partial charge in [0.1, 0.15) is 6.04 Å². The van der Waals surface area contributed by atoms with Crippen LogP contribution in [0.5, 0.6) is 0 Å². The third-order valence-electron chi connectivity index (χ3n) is 5.05. The standard InChI is InChI=1S/C19H27N3O5S/c1-13(2)18(19(24)22-8-10-27-11-9-22)21-28(25,26)15-6-7-16-14(12-15)4-3-5-17(23)20-16/h6-7,12-13,18,21H,3-5,8-11H2,1-2H3,(H,20,23)/t18-/m0/s1. The number of ether oxygens (including phenoxy) is 1. The molecule has 1 atom stereocenters. The number of morpholine rings is 1. The van der Waals surface area contributed by atoms with E-state index in [0.29, 0.717) is 51.3 Å². The molecule has 0 bridgehead atoms. The highest BCUT2D eigenvalue weighted by Crippen LogP contribution is 2.25. The highest BCUT2D eigenvalue weighted by atomic mass is 32.2. The minimum absolute atomic E-state index is 0.0662. The van der Waals surface area contributed by atoms with Crippen LogP contribution >= 0.6 is 0 Å². The maximum atomic E-state index is 13.0. The van der Waals surface area contributed by atoms with Crippen LogP contribution in [0.25, 0.3) is 0 Å². The van der Waals surface area contributed by atoms with Crippen molar-refractivity contribution >= 4 is 27.5 Å². The molecule has 2 heterocycles. The first-order valence-electron chi connectivity index (χ1n) is 9.59. The molecule has 2 aliphatic rings. The molecular weight excluding hydrogens is 382 g/mol. The van der Waals surface area contributed by atoms with Gasteiger partial charge in [-0.05, 0) is 42.5 Å². The quantitative estimate of drug-likeness (QED) is 0.758. The summed E-state index contributed by atoms with van der Waals surface area (Å²) in [5, 5.41) is 2.79. The van der Waals surface area contributed by atoms with E-state index in [9.17, 15) is 18.0 Å². The topological polar surface area (TPSA) is 105 Å². The number of benzene rings is 1. The summed E-state index contributed by atoms with van der Waals surface area (Å²) in [5.41, 5.74) is 1.43. The molecule has 0 aliphatic carbocycles. The Morgan fingerprint density at radius 2 is 1.93 bits per heavy atom. The van der Waals surface area contributed by atoms with Crippen molar-refractivity contribution < 1.29 is 22.7 Å². The Morgan fingerprint density at radius 1 is 1.21 bits per heavy atom. The number of fused-ring (bicyclic) bond motifs is 1. The molecule has 1 aromatic carbocycles. The van der Waals surface area contributed by atoms with Gasteiger partial charge in [-0.1, -0.05) is 13.8 Å². The second-order valence-electron chi connectivity index (χ2n) is 7.50. The number of carbonyl (C=O) groups is 2. The first-order valence-corrected chi connectivity index (χ1v) is 11.1. The van der Waals surface area contributed by atoms with Gasteiger partial charge in [-0.15, -0.1) is 0 Å². The van der Waals surface area contributed by atoms with Gasteiger partial charge in [-0.2, -0.15) is 4.72 Å². The molecule has 154 valence electrons. The molecule has 2 aliphatic heterocycles. The fraction of sp³-hybridized carbons (Fsp3) is 0.579. The number of rotatable bonds is 5. The molecule has 1 aromatic rings. The fourth-order valence-corrected chi connectivity index (χ4v) is 4.79. The number of amides is 2. The smallest absolute Gasteiger partial charge is 0.241 e. The highest BCUT2D eigenvalue weighted by Gasteiger charge is 2.32. The SMILES string of the molecule is CC(C)[C@H](NS(=O)(=O)c1ccc2c(c1)CCCC(=O)N2)C(=O)N1CCOCC1. The van der Waals surface area contributed by atoms with Crippen molar-refractivity contribution in [1.29, 1.82) is 0 Å². The van der Waals surface area contributed by atoms with E-state index >= 15 is 0 Å². The number of hydrogen-bond donors (Lipinski definition) is 2. The van der Waals surface area contributed by atoms with E-state index in [0.717, 1.165) is 5.56 Å². The lowest BCUT2D eigenvalue weighted by atomic mass is 10.0. The van der Waals surface area contributed by atoms with Gasteiger partial charge in [0, 0.05) is 25.2 Å². The Balaban J connectivity index is 1.82. The van der Waals surface area contributed by atoms with E-state index < -0.39 is 16.1 Å². The summed E-state index contributed by atoms with van der Waals surface area (Å²) < 4.78 is 33.8. The van der Waals surface area contributed by atoms with Crippen LogP contribution in [0, 0.1) is 5.92 Å². The summed E-state index contributed by atoms with van der Waals surface area (Å²) in [4.78, 5) is 26.3. The monoisotopic (exact) mass is 409 g/mol. The maximum Gasteiger partial charge on any atom is 0.241 e. The molecular formula is C19H27N3O5S. The van der Waals surface area contributed by atoms with Gasteiger partial charge in [0.05, 0.1) is 18.1 Å². The van der Waals surface area contributed by atoms with E-state index in [4.69, 9.17) is 4.74 Å². The Bertz CT molecular complexity index is 847. The lowest BCUT2D eigenvalue weighted by Gasteiger charge is -2.32. The lowest BCUT2D eigenvalue weighted by Crippen LogP contribution is -2.53. The average molecular weight is 410 g/mol. The molecule has 0 radical (unpaired) electrons. The second-order valence-corrected chi connectivity index (χ2v) is 9.22. The zero-order valence-electron chi connectivity index (χ0n) is 16.2. The van der Waals surface area contributed by atoms with Crippen molar-refractivity contribution in [1.82, 2.24) is 9.62 Å². The summed E-state index contributed by atoms with van der Waals surface area (Å²) in [6, 6.07) is 3.81. The van der Waals surface area contributed by atoms with Gasteiger partial charge in [0.2, 0.25) is 21.8 Å². The molecule has 8 nitrogen and oxygen atoms in total. The molecule has 0 aromatic heterocycles. The van der Waals surface area contributed by atoms with E-state index in [1.165, 1.54) is 6.07 Å². The van der Waals surface area contributed by atoms with Crippen LogP contribution in [0.2, 0.25) is 0 Å². The number of hydrogen-bond acceptors (Lipinski definition) is 5. The zero-order chi connectivity index (χ0) is 20.3. The van der Waals surface area contributed by atoms with Crippen molar-refractivity contribution in [3.05, 3.63) is 23.8 Å². The maximum absolute atomic E-state index is 13.0. The molecule has 0 spiro atoms. The summed E-state index contributed by atoms with van der Waals surface area (Å²) in [6.07, 6.45) is 1.70. The minimum atomic E-state index is -3.89. The van der Waals surface area contributed by atoms with E-state index in [2.05, 4.69) is 10.0 Å². The Labute approximate surface area is 165 Å². The van der Waals surface area contributed by atoms with Crippen LogP contribution in [-0.4, -0.2) is 57.5 Å². The van der Waals surface area contributed by atoms with E-state index in [1.807, 2.05) is 13.8 Å². The second kappa shape index (κ2) is 8.59. The highest BCUT2D eigenvalue weighted by molar-refractivity contribution is 7.89. The number of nitrogens with one attached hydrogen (secondary N) is 2. The van der Waals surface area contributed by atoms with Crippen LogP contribution < -0.4 is 10.0 Å². The largest absolute Gasteiger partial charge is 0.378 e. The molecule has 28 heavy (non-hydrogen) atoms. The van der Waals surface area contributed by atoms with Gasteiger partial charge < -0.3 is 15.0 Å². The Kier molecular flexibility index (Phi) is 6.36. The predicted octanol–water partition coefficient (Wildman–Crippen LogP) is 1.12. The van der Waals surface area contributed by atoms with Crippen LogP contribution in [-0.2, 0) is 30.8 Å². The molecule has 3 rings (SSSR count). The minimum Gasteiger partial charge on any atom is -0.378 e. The van der Waals surface area contributed by atoms with Crippen LogP contribution in [0.3, 0.4) is 0 Å². The predicted molar refractivity (Wildman–Crippen MR) is 104 cm³/mol. The van der Waals surface area contributed by atoms with Gasteiger partial charge in [-0.25, -0.2) is 8.42 Å². The van der Waals surface area contributed by atoms with Crippen LogP contribution in [0.4, 0.5) is 5.69 Å². The van der Waals surface area contributed by atoms with Crippen molar-refractivity contribution in [2.24, 2.45) is 5.92 Å². The van der Waals surface area contributed by atoms with Crippen LogP contribution in [0.1, 0.15) is 32.3 Å². The average Bonchev–Trinajstić information content (AvgIpc) is 2.86. The summed E-state index contributed by atoms with van der Waals surface area (Å²) >= 11 is 0. The molecule has 0 saturated carbocycles. The van der Waals surface area contributed by atoms with E-state index in [-0.39, 0.29) is 22.6 Å². The third-order valence-corrected chi connectivity index (χ3v) is 6.49. The fourth-order valence-electron chi connectivity index (χ4n) is 3.41. The Hall–Kier alpha value is -1.97. The molecule has 9 heteroatoms. The third kappa shape index (κ3) is 4.71. The molecule has 2 amide bonds. The van der Waals surface area contributed by atoms with Gasteiger partial charge in [0.25, 0.3) is 0 Å². The number of aryl methyl sites for hydroxylation is 1. The van der Waals surface area contributed by atoms with Crippen LogP contribution in [0.15, 0.2) is 23.1 Å². The van der Waals surface area contributed by atoms with Crippen molar-refractivity contribution in [3.8, 4) is 0 Å². The van der Waals surface area contributed by atoms with Crippen molar-refractivity contribution in [3.63, 3.8) is 0 Å². The molecule has 0 unspecified atom stereocenters. The number of nitrogens with zero attached hydrogens (tertiary/aromatic N) is 1. The van der Waals surface area contributed by atoms with Gasteiger partial charge >= 0.3 is 0 Å². The lowest BCUT2D eigenvalue weighted by molar-refractivity contribution is -0.138. The first kappa shape index (κ1) is 20.8. The summed E-state index contributed by atoms with van der Waals surface area (Å²) in [6.45, 7) is 5.47. The summed E-state index contributed by atoms with van der Waals surface area (Å²) in [7, 11) is -3.89. The number of anilines is 1.